The van der Waals surface area contributed by atoms with Crippen molar-refractivity contribution in [2.45, 2.75) is 30.1 Å². The first-order valence-electron chi connectivity index (χ1n) is 4.47. The van der Waals surface area contributed by atoms with Gasteiger partial charge in [-0.1, -0.05) is 0 Å². The Kier molecular flexibility index (Phi) is 2.74. The second-order valence-electron chi connectivity index (χ2n) is 3.61. The fraction of sp³-hybridized carbons (Fsp3) is 1.00. The van der Waals surface area contributed by atoms with Crippen molar-refractivity contribution in [2.75, 3.05) is 6.61 Å². The van der Waals surface area contributed by atoms with E-state index >= 15 is 0 Å². The van der Waals surface area contributed by atoms with Crippen molar-refractivity contribution in [1.82, 2.24) is 0 Å². The van der Waals surface area contributed by atoms with Crippen LogP contribution in [0.3, 0.4) is 0 Å². The lowest BCUT2D eigenvalue weighted by Crippen LogP contribution is -2.66. The highest BCUT2D eigenvalue weighted by atomic mass is 17.0. The van der Waals surface area contributed by atoms with Crippen LogP contribution in [0.4, 0.5) is 0 Å². The highest BCUT2D eigenvalue weighted by molar-refractivity contribution is 6.40. The van der Waals surface area contributed by atoms with Gasteiger partial charge >= 0.3 is 13.3 Å². The summed E-state index contributed by atoms with van der Waals surface area (Å²) in [5.74, 6) is -5.32. The highest BCUT2D eigenvalue weighted by Gasteiger charge is 2.78. The molecule has 0 aromatic heterocycles. The molecule has 3 aliphatic heterocycles. The van der Waals surface area contributed by atoms with E-state index in [0.717, 1.165) is 0 Å². The fourth-order valence-electron chi connectivity index (χ4n) is 1.51. The number of hydrogen-bond donors (Lipinski definition) is 6. The molecule has 0 amide bonds. The summed E-state index contributed by atoms with van der Waals surface area (Å²) in [5.41, 5.74) is 0. The second-order valence-corrected chi connectivity index (χ2v) is 3.61. The summed E-state index contributed by atoms with van der Waals surface area (Å²) in [6.07, 6.45) is -5.80. The van der Waals surface area contributed by atoms with Crippen molar-refractivity contribution in [3.63, 3.8) is 0 Å². The van der Waals surface area contributed by atoms with Gasteiger partial charge < -0.3 is 44.6 Å². The monoisotopic (exact) mass is 238 g/mol. The molecular weight excluding hydrogens is 227 g/mol. The Bertz CT molecular complexity index is 281. The van der Waals surface area contributed by atoms with Crippen molar-refractivity contribution in [2.24, 2.45) is 0 Å². The minimum atomic E-state index is -2.73. The molecule has 3 rings (SSSR count). The van der Waals surface area contributed by atoms with Crippen LogP contribution in [0.15, 0.2) is 0 Å². The van der Waals surface area contributed by atoms with E-state index < -0.39 is 44.0 Å². The fourth-order valence-corrected chi connectivity index (χ4v) is 1.51. The highest BCUT2D eigenvalue weighted by Crippen LogP contribution is 2.47. The molecule has 0 aromatic rings. The van der Waals surface area contributed by atoms with E-state index in [1.807, 2.05) is 0 Å². The van der Waals surface area contributed by atoms with E-state index in [1.165, 1.54) is 0 Å². The van der Waals surface area contributed by atoms with Crippen LogP contribution in [0.1, 0.15) is 0 Å². The molecule has 6 N–H and O–H groups in total. The Morgan fingerprint density at radius 2 is 1.62 bits per heavy atom. The van der Waals surface area contributed by atoms with Crippen molar-refractivity contribution in [1.29, 1.82) is 0 Å². The van der Waals surface area contributed by atoms with Crippen LogP contribution in [0.2, 0.25) is 0 Å². The molecule has 3 fully saturated rings. The molecule has 3 aliphatic rings. The van der Waals surface area contributed by atoms with Crippen LogP contribution < -0.4 is 0 Å². The molecule has 3 saturated heterocycles. The summed E-state index contributed by atoms with van der Waals surface area (Å²) in [5, 5.41) is 55.6. The number of rotatable bonds is 4. The lowest BCUT2D eigenvalue weighted by molar-refractivity contribution is -0.422. The summed E-state index contributed by atoms with van der Waals surface area (Å²) in [4.78, 5) is 0. The molecule has 0 aliphatic carbocycles. The lowest BCUT2D eigenvalue weighted by atomic mass is 9.98. The first kappa shape index (κ1) is 12.2. The molecule has 2 bridgehead atoms. The Hall–Kier alpha value is -0.295. The van der Waals surface area contributed by atoms with Gasteiger partial charge in [0.2, 0.25) is 0 Å². The topological polar surface area (TPSA) is 149 Å². The van der Waals surface area contributed by atoms with Crippen molar-refractivity contribution in [3.8, 4) is 0 Å². The Morgan fingerprint density at radius 3 is 2.00 bits per heavy atom. The van der Waals surface area contributed by atoms with Crippen LogP contribution in [-0.4, -0.2) is 74.6 Å². The zero-order valence-electron chi connectivity index (χ0n) is 7.92. The van der Waals surface area contributed by atoms with Gasteiger partial charge in [-0.3, -0.25) is 0 Å². The van der Waals surface area contributed by atoms with Gasteiger partial charge in [0.05, 0.1) is 6.61 Å². The van der Waals surface area contributed by atoms with E-state index in [0.29, 0.717) is 0 Å². The second kappa shape index (κ2) is 3.60. The molecule has 3 heterocycles. The molecule has 0 spiro atoms. The third kappa shape index (κ3) is 1.40. The third-order valence-electron chi connectivity index (χ3n) is 2.55. The van der Waals surface area contributed by atoms with E-state index in [4.69, 9.17) is 10.2 Å². The van der Waals surface area contributed by atoms with E-state index in [9.17, 15) is 20.4 Å². The van der Waals surface area contributed by atoms with Gasteiger partial charge in [-0.2, -0.15) is 0 Å². The molecule has 4 atom stereocenters. The molecular formula is C6H11BO9. The largest absolute Gasteiger partial charge is 0.649 e. The number of aliphatic hydroxyl groups excluding tert-OH is 4. The number of hydrogen-bond acceptors (Lipinski definition) is 9. The van der Waals surface area contributed by atoms with Crippen molar-refractivity contribution in [3.05, 3.63) is 0 Å². The molecule has 16 heavy (non-hydrogen) atoms. The van der Waals surface area contributed by atoms with Gasteiger partial charge in [-0.05, 0) is 0 Å². The average molecular weight is 238 g/mol. The SMILES string of the molecule is OC[C@H](O)[C@@H](O)[C@@H](O)[C@@]1(O)OB2OC1(O)O2. The van der Waals surface area contributed by atoms with E-state index in [2.05, 4.69) is 14.0 Å². The molecule has 0 unspecified atom stereocenters. The van der Waals surface area contributed by atoms with Crippen LogP contribution in [-0.2, 0) is 14.0 Å². The molecule has 10 heteroatoms. The maximum Gasteiger partial charge on any atom is 0.649 e. The summed E-state index contributed by atoms with van der Waals surface area (Å²) in [7, 11) is -1.34. The van der Waals surface area contributed by atoms with E-state index in [1.54, 1.807) is 0 Å². The van der Waals surface area contributed by atoms with Crippen LogP contribution in [0.5, 0.6) is 0 Å². The predicted octanol–water partition coefficient (Wildman–Crippen LogP) is -4.54. The molecule has 0 radical (unpaired) electrons. The van der Waals surface area contributed by atoms with Gasteiger partial charge in [0.1, 0.15) is 18.3 Å². The van der Waals surface area contributed by atoms with Crippen LogP contribution >= 0.6 is 0 Å². The normalized spacial score (nSPS) is 42.8. The molecule has 0 aromatic carbocycles. The summed E-state index contributed by atoms with van der Waals surface area (Å²) < 4.78 is 13.5. The Balaban J connectivity index is 2.12. The Labute approximate surface area is 89.6 Å². The molecule has 92 valence electrons. The summed E-state index contributed by atoms with van der Waals surface area (Å²) in [6.45, 7) is -0.849. The Morgan fingerprint density at radius 1 is 1.06 bits per heavy atom. The smallest absolute Gasteiger partial charge is 0.394 e. The number of fused-ring (bicyclic) bond motifs is 1. The molecule has 0 saturated carbocycles. The zero-order valence-corrected chi connectivity index (χ0v) is 7.92. The summed E-state index contributed by atoms with van der Waals surface area (Å²) >= 11 is 0. The first-order valence-corrected chi connectivity index (χ1v) is 4.47. The van der Waals surface area contributed by atoms with E-state index in [-0.39, 0.29) is 0 Å². The maximum atomic E-state index is 9.72. The summed E-state index contributed by atoms with van der Waals surface area (Å²) in [6, 6.07) is 0. The third-order valence-corrected chi connectivity index (χ3v) is 2.55. The lowest BCUT2D eigenvalue weighted by Gasteiger charge is -2.39. The van der Waals surface area contributed by atoms with Crippen LogP contribution in [0.25, 0.3) is 0 Å². The van der Waals surface area contributed by atoms with Gasteiger partial charge in [-0.15, -0.1) is 0 Å². The minimum absolute atomic E-state index is 0.849. The van der Waals surface area contributed by atoms with Gasteiger partial charge in [0.25, 0.3) is 5.79 Å². The average Bonchev–Trinajstić information content (AvgIpc) is 2.61. The number of aliphatic hydroxyl groups is 6. The quantitative estimate of drug-likeness (QED) is 0.266. The minimum Gasteiger partial charge on any atom is -0.394 e. The van der Waals surface area contributed by atoms with Gasteiger partial charge in [-0.25, -0.2) is 0 Å². The van der Waals surface area contributed by atoms with Crippen LogP contribution in [0, 0.1) is 0 Å². The predicted molar refractivity (Wildman–Crippen MR) is 44.0 cm³/mol. The maximum absolute atomic E-state index is 9.72. The van der Waals surface area contributed by atoms with Crippen molar-refractivity contribution >= 4 is 7.32 Å². The standard InChI is InChI=1S/C6H11BO9/c8-1-2(9)3(10)4(11)5(12)6(13)15-7(14-5)16-6/h2-4,8-13H,1H2/t2-,3+,4+,5+/m0/s1. The van der Waals surface area contributed by atoms with Crippen molar-refractivity contribution < 1.29 is 44.6 Å². The zero-order chi connectivity index (χ0) is 12.1. The molecule has 9 nitrogen and oxygen atoms in total. The first-order chi connectivity index (χ1) is 7.34. The van der Waals surface area contributed by atoms with Gasteiger partial charge in [0, 0.05) is 0 Å². The van der Waals surface area contributed by atoms with Gasteiger partial charge in [0.15, 0.2) is 0 Å².